The van der Waals surface area contributed by atoms with E-state index in [2.05, 4.69) is 31.2 Å². The van der Waals surface area contributed by atoms with Crippen LogP contribution in [0.5, 0.6) is 0 Å². The molecule has 0 aliphatic carbocycles. The molecule has 5 aromatic rings. The Bertz CT molecular complexity index is 1570. The van der Waals surface area contributed by atoms with Crippen molar-refractivity contribution in [1.29, 1.82) is 0 Å². The molecule has 0 fully saturated rings. The Labute approximate surface area is 184 Å². The minimum absolute atomic E-state index is 0.170. The molecule has 4 aromatic carbocycles. The third-order valence-electron chi connectivity index (χ3n) is 6.31. The number of rotatable bonds is 4. The average molecular weight is 425 g/mol. The number of benzene rings is 4. The summed E-state index contributed by atoms with van der Waals surface area (Å²) in [6.45, 7) is 3.06. The maximum atomic E-state index is 13.5. The van der Waals surface area contributed by atoms with Gasteiger partial charge in [-0.05, 0) is 61.0 Å². The lowest BCUT2D eigenvalue weighted by Crippen LogP contribution is -2.10. The molecular weight excluding hydrogens is 404 g/mol. The normalized spacial score (nSPS) is 13.4. The van der Waals surface area contributed by atoms with Gasteiger partial charge in [-0.1, -0.05) is 42.5 Å². The highest BCUT2D eigenvalue weighted by Gasteiger charge is 2.26. The molecule has 1 aromatic heterocycles. The first kappa shape index (κ1) is 19.2. The van der Waals surface area contributed by atoms with Gasteiger partial charge in [0.25, 0.3) is 0 Å². The van der Waals surface area contributed by atoms with Gasteiger partial charge in [-0.2, -0.15) is 0 Å². The van der Waals surface area contributed by atoms with E-state index in [-0.39, 0.29) is 6.42 Å². The fourth-order valence-electron chi connectivity index (χ4n) is 4.84. The van der Waals surface area contributed by atoms with Gasteiger partial charge in [0.15, 0.2) is 0 Å². The molecule has 0 saturated carbocycles. The Balaban J connectivity index is 1.55. The number of alkyl halides is 2. The summed E-state index contributed by atoms with van der Waals surface area (Å²) in [4.78, 5) is 4.99. The number of nitrogens with zero attached hydrogens (tertiary/aromatic N) is 1. The van der Waals surface area contributed by atoms with Crippen LogP contribution >= 0.6 is 0 Å². The Kier molecular flexibility index (Phi) is 4.03. The van der Waals surface area contributed by atoms with Crippen molar-refractivity contribution in [2.75, 3.05) is 0 Å². The summed E-state index contributed by atoms with van der Waals surface area (Å²) in [5.74, 6) is -2.68. The van der Waals surface area contributed by atoms with Crippen LogP contribution in [-0.4, -0.2) is 11.6 Å². The van der Waals surface area contributed by atoms with Gasteiger partial charge in [-0.3, -0.25) is 0 Å². The minimum atomic E-state index is -2.68. The van der Waals surface area contributed by atoms with Gasteiger partial charge in [0.05, 0.1) is 11.4 Å². The first-order chi connectivity index (χ1) is 15.4. The van der Waals surface area contributed by atoms with Gasteiger partial charge in [0.1, 0.15) is 11.2 Å². The number of halogens is 2. The fraction of sp³-hybridized carbons (Fsp3) is 0.179. The second kappa shape index (κ2) is 6.73. The molecule has 2 heterocycles. The first-order valence-electron chi connectivity index (χ1n) is 10.8. The van der Waals surface area contributed by atoms with E-state index in [0.29, 0.717) is 6.42 Å². The van der Waals surface area contributed by atoms with Crippen LogP contribution in [0.1, 0.15) is 35.6 Å². The van der Waals surface area contributed by atoms with E-state index in [1.54, 1.807) is 0 Å². The van der Waals surface area contributed by atoms with E-state index in [4.69, 9.17) is 9.41 Å². The molecule has 0 atom stereocenters. The van der Waals surface area contributed by atoms with Crippen molar-refractivity contribution in [2.45, 2.75) is 32.6 Å². The molecule has 1 aliphatic heterocycles. The lowest BCUT2D eigenvalue weighted by atomic mass is 9.93. The van der Waals surface area contributed by atoms with E-state index >= 15 is 0 Å². The summed E-state index contributed by atoms with van der Waals surface area (Å²) in [7, 11) is 0. The predicted octanol–water partition coefficient (Wildman–Crippen LogP) is 8.12. The smallest absolute Gasteiger partial charge is 0.245 e. The van der Waals surface area contributed by atoms with Crippen molar-refractivity contribution >= 4 is 44.1 Å². The lowest BCUT2D eigenvalue weighted by Gasteiger charge is -2.12. The molecule has 0 radical (unpaired) electrons. The van der Waals surface area contributed by atoms with Gasteiger partial charge in [-0.25, -0.2) is 13.8 Å². The lowest BCUT2D eigenvalue weighted by molar-refractivity contribution is 0.0134. The van der Waals surface area contributed by atoms with E-state index in [9.17, 15) is 8.78 Å². The van der Waals surface area contributed by atoms with Gasteiger partial charge >= 0.3 is 0 Å². The molecule has 0 amide bonds. The van der Waals surface area contributed by atoms with E-state index in [1.165, 1.54) is 0 Å². The SMILES string of the molecule is Cc1cc(C2=Nc3ccc(CCC(C)(F)F)c4cccc2c34)c2oc3ccccc3c2c1. The third kappa shape index (κ3) is 2.94. The summed E-state index contributed by atoms with van der Waals surface area (Å²) in [6.07, 6.45) is 0.161. The molecule has 2 nitrogen and oxygen atoms in total. The average Bonchev–Trinajstić information content (AvgIpc) is 3.32. The molecular formula is C28H21F2NO. The zero-order valence-electron chi connectivity index (χ0n) is 17.9. The zero-order chi connectivity index (χ0) is 22.0. The molecule has 158 valence electrons. The highest BCUT2D eigenvalue weighted by molar-refractivity contribution is 6.30. The van der Waals surface area contributed by atoms with Crippen LogP contribution in [-0.2, 0) is 6.42 Å². The number of hydrogen-bond donors (Lipinski definition) is 0. The first-order valence-corrected chi connectivity index (χ1v) is 10.8. The second-order valence-corrected chi connectivity index (χ2v) is 8.79. The number of furan rings is 1. The second-order valence-electron chi connectivity index (χ2n) is 8.79. The topological polar surface area (TPSA) is 25.5 Å². The number of aliphatic imine (C=N–C) groups is 1. The van der Waals surface area contributed by atoms with E-state index in [0.717, 1.165) is 73.3 Å². The van der Waals surface area contributed by atoms with Crippen molar-refractivity contribution < 1.29 is 13.2 Å². The molecule has 6 rings (SSSR count). The molecule has 0 N–H and O–H groups in total. The molecule has 0 unspecified atom stereocenters. The maximum Gasteiger partial charge on any atom is 0.245 e. The van der Waals surface area contributed by atoms with Gasteiger partial charge in [-0.15, -0.1) is 0 Å². The van der Waals surface area contributed by atoms with Crippen molar-refractivity contribution in [2.24, 2.45) is 4.99 Å². The molecule has 0 bridgehead atoms. The quantitative estimate of drug-likeness (QED) is 0.280. The van der Waals surface area contributed by atoms with E-state index in [1.807, 2.05) is 42.5 Å². The molecule has 32 heavy (non-hydrogen) atoms. The van der Waals surface area contributed by atoms with Gasteiger partial charge in [0, 0.05) is 33.7 Å². The Morgan fingerprint density at radius 3 is 2.53 bits per heavy atom. The number of hydrogen-bond acceptors (Lipinski definition) is 2. The van der Waals surface area contributed by atoms with Gasteiger partial charge < -0.3 is 4.42 Å². The van der Waals surface area contributed by atoms with Gasteiger partial charge in [0.2, 0.25) is 5.92 Å². The standard InChI is InChI=1S/C28H21F2NO/c1-16-14-21-19-6-3-4-9-24(19)32-27(21)22(15-16)26-20-8-5-7-18-17(12-13-28(2,29)30)10-11-23(31-26)25(18)20/h3-11,14-15H,12-13H2,1-2H3. The Morgan fingerprint density at radius 2 is 1.69 bits per heavy atom. The summed E-state index contributed by atoms with van der Waals surface area (Å²) >= 11 is 0. The monoisotopic (exact) mass is 425 g/mol. The minimum Gasteiger partial charge on any atom is -0.455 e. The maximum absolute atomic E-state index is 13.5. The molecule has 0 saturated heterocycles. The van der Waals surface area contributed by atoms with Crippen LogP contribution in [0.15, 0.2) is 76.1 Å². The fourth-order valence-corrected chi connectivity index (χ4v) is 4.84. The summed E-state index contributed by atoms with van der Waals surface area (Å²) in [5.41, 5.74) is 7.48. The van der Waals surface area contributed by atoms with Crippen LogP contribution in [0.4, 0.5) is 14.5 Å². The van der Waals surface area contributed by atoms with E-state index < -0.39 is 5.92 Å². The Morgan fingerprint density at radius 1 is 0.875 bits per heavy atom. The van der Waals surface area contributed by atoms with Crippen molar-refractivity contribution in [3.63, 3.8) is 0 Å². The molecule has 4 heteroatoms. The molecule has 1 aliphatic rings. The molecule has 0 spiro atoms. The van der Waals surface area contributed by atoms with Crippen LogP contribution < -0.4 is 0 Å². The van der Waals surface area contributed by atoms with Crippen LogP contribution in [0.2, 0.25) is 0 Å². The zero-order valence-corrected chi connectivity index (χ0v) is 17.9. The summed E-state index contributed by atoms with van der Waals surface area (Å²) in [6, 6.07) is 22.3. The third-order valence-corrected chi connectivity index (χ3v) is 6.31. The van der Waals surface area contributed by atoms with Crippen molar-refractivity contribution in [3.8, 4) is 0 Å². The van der Waals surface area contributed by atoms with Crippen LogP contribution in [0, 0.1) is 6.92 Å². The van der Waals surface area contributed by atoms with Crippen LogP contribution in [0.3, 0.4) is 0 Å². The highest BCUT2D eigenvalue weighted by Crippen LogP contribution is 2.42. The summed E-state index contributed by atoms with van der Waals surface area (Å²) < 4.78 is 33.3. The summed E-state index contributed by atoms with van der Waals surface area (Å²) in [5, 5.41) is 4.19. The van der Waals surface area contributed by atoms with Crippen molar-refractivity contribution in [1.82, 2.24) is 0 Å². The van der Waals surface area contributed by atoms with Crippen molar-refractivity contribution in [3.05, 3.63) is 89.0 Å². The largest absolute Gasteiger partial charge is 0.455 e. The van der Waals surface area contributed by atoms with Crippen LogP contribution in [0.25, 0.3) is 32.7 Å². The number of fused-ring (bicyclic) bond motifs is 3. The Hall–Kier alpha value is -3.53. The predicted molar refractivity (Wildman–Crippen MR) is 127 cm³/mol. The number of aryl methyl sites for hydroxylation is 2. The highest BCUT2D eigenvalue weighted by atomic mass is 19.3. The number of para-hydroxylation sites is 1.